The van der Waals surface area contributed by atoms with Crippen molar-refractivity contribution >= 4 is 51.1 Å². The van der Waals surface area contributed by atoms with Crippen LogP contribution in [0.1, 0.15) is 6.42 Å². The second-order valence-electron chi connectivity index (χ2n) is 3.45. The first-order valence-corrected chi connectivity index (χ1v) is 7.55. The molecule has 0 aliphatic carbocycles. The molecule has 0 saturated heterocycles. The van der Waals surface area contributed by atoms with Gasteiger partial charge in [0.2, 0.25) is 0 Å². The SMILES string of the molecule is CSCCCn1c(=S)[nH]c2cc(Br)cnc21. The van der Waals surface area contributed by atoms with E-state index < -0.39 is 0 Å². The van der Waals surface area contributed by atoms with Crippen LogP contribution >= 0.6 is 39.9 Å². The van der Waals surface area contributed by atoms with E-state index in [9.17, 15) is 0 Å². The molecule has 0 unspecified atom stereocenters. The predicted octanol–water partition coefficient (Wildman–Crippen LogP) is 3.61. The number of rotatable bonds is 4. The Bertz CT molecular complexity index is 546. The Morgan fingerprint density at radius 1 is 1.62 bits per heavy atom. The van der Waals surface area contributed by atoms with Crippen LogP contribution in [-0.4, -0.2) is 26.5 Å². The lowest BCUT2D eigenvalue weighted by Crippen LogP contribution is -2.00. The molecule has 2 aromatic rings. The van der Waals surface area contributed by atoms with E-state index in [2.05, 4.69) is 36.7 Å². The number of nitrogens with one attached hydrogen (secondary N) is 1. The van der Waals surface area contributed by atoms with Crippen LogP contribution < -0.4 is 0 Å². The number of H-pyrrole nitrogens is 1. The zero-order valence-electron chi connectivity index (χ0n) is 8.86. The highest BCUT2D eigenvalue weighted by atomic mass is 79.9. The van der Waals surface area contributed by atoms with Crippen molar-refractivity contribution < 1.29 is 0 Å². The second kappa shape index (κ2) is 5.33. The fraction of sp³-hybridized carbons (Fsp3) is 0.400. The summed E-state index contributed by atoms with van der Waals surface area (Å²) in [6.07, 6.45) is 5.03. The zero-order valence-corrected chi connectivity index (χ0v) is 12.1. The summed E-state index contributed by atoms with van der Waals surface area (Å²) in [6, 6.07) is 2.00. The number of hydrogen-bond acceptors (Lipinski definition) is 3. The van der Waals surface area contributed by atoms with Gasteiger partial charge in [-0.1, -0.05) is 0 Å². The van der Waals surface area contributed by atoms with E-state index in [1.54, 1.807) is 6.20 Å². The Kier molecular flexibility index (Phi) is 4.05. The summed E-state index contributed by atoms with van der Waals surface area (Å²) in [4.78, 5) is 7.56. The normalized spacial score (nSPS) is 11.1. The van der Waals surface area contributed by atoms with Crippen LogP contribution in [0.5, 0.6) is 0 Å². The van der Waals surface area contributed by atoms with Crippen molar-refractivity contribution in [2.75, 3.05) is 12.0 Å². The van der Waals surface area contributed by atoms with Crippen LogP contribution in [0.4, 0.5) is 0 Å². The van der Waals surface area contributed by atoms with Gasteiger partial charge in [-0.15, -0.1) is 0 Å². The molecule has 0 aliphatic rings. The summed E-state index contributed by atoms with van der Waals surface area (Å²) in [7, 11) is 0. The number of imidazole rings is 1. The van der Waals surface area contributed by atoms with E-state index >= 15 is 0 Å². The van der Waals surface area contributed by atoms with E-state index in [-0.39, 0.29) is 0 Å². The molecule has 0 saturated carbocycles. The second-order valence-corrected chi connectivity index (χ2v) is 5.74. The van der Waals surface area contributed by atoms with Crippen molar-refractivity contribution in [2.45, 2.75) is 13.0 Å². The minimum Gasteiger partial charge on any atom is -0.329 e. The molecule has 0 aromatic carbocycles. The maximum atomic E-state index is 5.29. The van der Waals surface area contributed by atoms with E-state index in [1.807, 2.05) is 17.8 Å². The van der Waals surface area contributed by atoms with Gasteiger partial charge in [-0.05, 0) is 52.6 Å². The van der Waals surface area contributed by atoms with Crippen molar-refractivity contribution in [3.8, 4) is 0 Å². The summed E-state index contributed by atoms with van der Waals surface area (Å²) in [6.45, 7) is 0.925. The largest absolute Gasteiger partial charge is 0.329 e. The smallest absolute Gasteiger partial charge is 0.179 e. The van der Waals surface area contributed by atoms with Crippen LogP contribution in [0, 0.1) is 4.77 Å². The maximum Gasteiger partial charge on any atom is 0.179 e. The average molecular weight is 318 g/mol. The molecule has 2 heterocycles. The molecule has 6 heteroatoms. The van der Waals surface area contributed by atoms with Crippen molar-refractivity contribution in [2.24, 2.45) is 0 Å². The minimum absolute atomic E-state index is 0.752. The van der Waals surface area contributed by atoms with E-state index in [0.29, 0.717) is 0 Å². The van der Waals surface area contributed by atoms with Gasteiger partial charge >= 0.3 is 0 Å². The van der Waals surface area contributed by atoms with Crippen molar-refractivity contribution in [1.29, 1.82) is 0 Å². The fourth-order valence-electron chi connectivity index (χ4n) is 1.59. The summed E-state index contributed by atoms with van der Waals surface area (Å²) in [5, 5.41) is 0. The molecule has 16 heavy (non-hydrogen) atoms. The van der Waals surface area contributed by atoms with E-state index in [0.717, 1.165) is 39.1 Å². The molecule has 86 valence electrons. The van der Waals surface area contributed by atoms with Gasteiger partial charge in [0.05, 0.1) is 5.52 Å². The molecular weight excluding hydrogens is 306 g/mol. The van der Waals surface area contributed by atoms with Crippen molar-refractivity contribution in [3.63, 3.8) is 0 Å². The number of hydrogen-bond donors (Lipinski definition) is 1. The molecule has 1 N–H and O–H groups in total. The maximum absolute atomic E-state index is 5.29. The molecule has 0 aliphatic heterocycles. The van der Waals surface area contributed by atoms with E-state index in [1.165, 1.54) is 0 Å². The molecule has 0 spiro atoms. The molecule has 0 amide bonds. The number of aromatic amines is 1. The number of pyridine rings is 1. The third-order valence-electron chi connectivity index (χ3n) is 2.31. The summed E-state index contributed by atoms with van der Waals surface area (Å²) in [5.41, 5.74) is 1.93. The minimum atomic E-state index is 0.752. The summed E-state index contributed by atoms with van der Waals surface area (Å²) in [5.74, 6) is 1.14. The standard InChI is InChI=1S/C10H12BrN3S2/c1-16-4-2-3-14-9-8(13-10(14)15)5-7(11)6-12-9/h5-6H,2-4H2,1H3,(H,13,15). The van der Waals surface area contributed by atoms with Gasteiger partial charge in [0.25, 0.3) is 0 Å². The van der Waals surface area contributed by atoms with Crippen LogP contribution in [0.15, 0.2) is 16.7 Å². The average Bonchev–Trinajstić information content (AvgIpc) is 2.55. The molecule has 3 nitrogen and oxygen atoms in total. The summed E-state index contributed by atoms with van der Waals surface area (Å²) >= 11 is 10.5. The Balaban J connectivity index is 2.36. The number of halogens is 1. The van der Waals surface area contributed by atoms with Crippen LogP contribution in [0.2, 0.25) is 0 Å². The first kappa shape index (κ1) is 12.1. The van der Waals surface area contributed by atoms with Gasteiger partial charge in [0, 0.05) is 17.2 Å². The van der Waals surface area contributed by atoms with Gasteiger partial charge in [0.1, 0.15) is 0 Å². The quantitative estimate of drug-likeness (QED) is 0.691. The molecule has 0 radical (unpaired) electrons. The number of nitrogens with zero attached hydrogens (tertiary/aromatic N) is 2. The molecule has 0 atom stereocenters. The lowest BCUT2D eigenvalue weighted by Gasteiger charge is -2.02. The molecule has 0 bridgehead atoms. The fourth-order valence-corrected chi connectivity index (χ4v) is 2.63. The lowest BCUT2D eigenvalue weighted by atomic mass is 10.4. The first-order chi connectivity index (χ1) is 7.72. The van der Waals surface area contributed by atoms with Crippen LogP contribution in [-0.2, 0) is 6.54 Å². The van der Waals surface area contributed by atoms with E-state index in [4.69, 9.17) is 12.2 Å². The first-order valence-electron chi connectivity index (χ1n) is 4.95. The van der Waals surface area contributed by atoms with Crippen LogP contribution in [0.25, 0.3) is 11.2 Å². The molecule has 0 fully saturated rings. The number of aryl methyl sites for hydroxylation is 1. The number of fused-ring (bicyclic) bond motifs is 1. The highest BCUT2D eigenvalue weighted by molar-refractivity contribution is 9.10. The topological polar surface area (TPSA) is 33.6 Å². The summed E-state index contributed by atoms with van der Waals surface area (Å²) < 4.78 is 3.78. The highest BCUT2D eigenvalue weighted by Gasteiger charge is 2.05. The third kappa shape index (κ3) is 2.49. The predicted molar refractivity (Wildman–Crippen MR) is 75.6 cm³/mol. The number of aromatic nitrogens is 3. The Labute approximate surface area is 112 Å². The monoisotopic (exact) mass is 317 g/mol. The Morgan fingerprint density at radius 2 is 2.44 bits per heavy atom. The van der Waals surface area contributed by atoms with Crippen molar-refractivity contribution in [3.05, 3.63) is 21.5 Å². The number of thioether (sulfide) groups is 1. The van der Waals surface area contributed by atoms with Gasteiger partial charge in [-0.25, -0.2) is 4.98 Å². The Hall–Kier alpha value is -0.330. The van der Waals surface area contributed by atoms with Crippen LogP contribution in [0.3, 0.4) is 0 Å². The zero-order chi connectivity index (χ0) is 11.5. The molecular formula is C10H12BrN3S2. The van der Waals surface area contributed by atoms with Gasteiger partial charge in [0.15, 0.2) is 10.4 Å². The highest BCUT2D eigenvalue weighted by Crippen LogP contribution is 2.17. The van der Waals surface area contributed by atoms with Gasteiger partial charge in [-0.3, -0.25) is 0 Å². The van der Waals surface area contributed by atoms with Gasteiger partial charge in [-0.2, -0.15) is 11.8 Å². The Morgan fingerprint density at radius 3 is 3.19 bits per heavy atom. The van der Waals surface area contributed by atoms with Gasteiger partial charge < -0.3 is 9.55 Å². The van der Waals surface area contributed by atoms with Crippen molar-refractivity contribution in [1.82, 2.24) is 14.5 Å². The third-order valence-corrected chi connectivity index (χ3v) is 3.76. The molecule has 2 rings (SSSR count). The molecule has 2 aromatic heterocycles. The lowest BCUT2D eigenvalue weighted by molar-refractivity contribution is 0.688.